The molecule has 158 valence electrons. The van der Waals surface area contributed by atoms with Crippen molar-refractivity contribution in [2.75, 3.05) is 26.8 Å². The highest BCUT2D eigenvalue weighted by Gasteiger charge is 2.61. The lowest BCUT2D eigenvalue weighted by Gasteiger charge is -2.42. The number of ether oxygens (including phenoxy) is 1. The van der Waals surface area contributed by atoms with E-state index >= 15 is 0 Å². The molecule has 2 unspecified atom stereocenters. The van der Waals surface area contributed by atoms with Gasteiger partial charge >= 0.3 is 0 Å². The third-order valence-electron chi connectivity index (χ3n) is 6.33. The van der Waals surface area contributed by atoms with Gasteiger partial charge < -0.3 is 9.57 Å². The number of benzene rings is 1. The number of hydrogen-bond acceptors (Lipinski definition) is 6. The number of carbonyl (C=O) groups is 2. The van der Waals surface area contributed by atoms with Crippen LogP contribution in [-0.2, 0) is 24.0 Å². The van der Waals surface area contributed by atoms with Crippen molar-refractivity contribution in [3.63, 3.8) is 0 Å². The molecule has 3 aliphatic heterocycles. The molecule has 2 atom stereocenters. The molecule has 3 heterocycles. The normalized spacial score (nSPS) is 27.4. The molecular formula is C21H27BrN2O5. The highest BCUT2D eigenvalue weighted by atomic mass is 79.9. The van der Waals surface area contributed by atoms with Crippen LogP contribution in [0.25, 0.3) is 0 Å². The molecule has 0 aliphatic carbocycles. The zero-order valence-electron chi connectivity index (χ0n) is 17.1. The largest absolute Gasteiger partial charge is 0.350 e. The van der Waals surface area contributed by atoms with Gasteiger partial charge in [-0.1, -0.05) is 22.0 Å². The lowest BCUT2D eigenvalue weighted by Crippen LogP contribution is -2.56. The molecule has 1 aromatic carbocycles. The average Bonchev–Trinajstić information content (AvgIpc) is 3.28. The van der Waals surface area contributed by atoms with Crippen molar-refractivity contribution in [3.05, 3.63) is 33.3 Å². The summed E-state index contributed by atoms with van der Waals surface area (Å²) in [5.74, 6) is -1.24. The number of hydrogen-bond donors (Lipinski definition) is 0. The minimum absolute atomic E-state index is 0.0879. The zero-order valence-corrected chi connectivity index (χ0v) is 18.7. The van der Waals surface area contributed by atoms with Crippen LogP contribution in [0, 0.1) is 13.8 Å². The number of nitrogens with zero attached hydrogens (tertiary/aromatic N) is 2. The Morgan fingerprint density at radius 3 is 2.52 bits per heavy atom. The maximum absolute atomic E-state index is 13.8. The van der Waals surface area contributed by atoms with Crippen LogP contribution < -0.4 is 0 Å². The van der Waals surface area contributed by atoms with Gasteiger partial charge in [0.2, 0.25) is 0 Å². The summed E-state index contributed by atoms with van der Waals surface area (Å²) in [6.07, 6.45) is 2.08. The zero-order chi connectivity index (χ0) is 20.8. The topological polar surface area (TPSA) is 68.3 Å². The van der Waals surface area contributed by atoms with Gasteiger partial charge in [-0.25, -0.2) is 9.90 Å². The molecule has 29 heavy (non-hydrogen) atoms. The summed E-state index contributed by atoms with van der Waals surface area (Å²) in [4.78, 5) is 38.7. The number of aryl methyl sites for hydroxylation is 2. The van der Waals surface area contributed by atoms with Crippen LogP contribution in [0.5, 0.6) is 0 Å². The molecule has 0 aromatic heterocycles. The van der Waals surface area contributed by atoms with Crippen LogP contribution in [0.1, 0.15) is 48.3 Å². The summed E-state index contributed by atoms with van der Waals surface area (Å²) in [6, 6.07) is 3.91. The Hall–Kier alpha value is -1.32. The van der Waals surface area contributed by atoms with E-state index in [9.17, 15) is 9.59 Å². The van der Waals surface area contributed by atoms with Gasteiger partial charge in [0.05, 0.1) is 13.7 Å². The van der Waals surface area contributed by atoms with Gasteiger partial charge in [-0.2, -0.15) is 5.06 Å². The Labute approximate surface area is 179 Å². The molecule has 0 N–H and O–H groups in total. The van der Waals surface area contributed by atoms with Gasteiger partial charge in [-0.05, 0) is 55.9 Å². The summed E-state index contributed by atoms with van der Waals surface area (Å²) in [5.41, 5.74) is 1.76. The van der Waals surface area contributed by atoms with E-state index in [1.54, 1.807) is 7.11 Å². The molecule has 3 saturated heterocycles. The first-order valence-corrected chi connectivity index (χ1v) is 10.9. The molecule has 3 aliphatic rings. The number of rotatable bonds is 4. The predicted octanol–water partition coefficient (Wildman–Crippen LogP) is 3.02. The quantitative estimate of drug-likeness (QED) is 0.635. The number of ketones is 1. The number of amides is 1. The monoisotopic (exact) mass is 466 g/mol. The summed E-state index contributed by atoms with van der Waals surface area (Å²) in [6.45, 7) is 5.67. The van der Waals surface area contributed by atoms with Crippen molar-refractivity contribution >= 4 is 27.6 Å². The molecule has 8 heteroatoms. The van der Waals surface area contributed by atoms with Crippen molar-refractivity contribution in [3.8, 4) is 0 Å². The highest BCUT2D eigenvalue weighted by Crippen LogP contribution is 2.45. The van der Waals surface area contributed by atoms with Crippen LogP contribution in [0.2, 0.25) is 0 Å². The van der Waals surface area contributed by atoms with Crippen molar-refractivity contribution in [2.45, 2.75) is 57.3 Å². The first kappa shape index (κ1) is 20.9. The second kappa shape index (κ2) is 8.07. The Morgan fingerprint density at radius 1 is 1.17 bits per heavy atom. The van der Waals surface area contributed by atoms with Gasteiger partial charge in [-0.3, -0.25) is 9.59 Å². The van der Waals surface area contributed by atoms with E-state index in [-0.39, 0.29) is 11.7 Å². The number of carbonyl (C=O) groups excluding carboxylic acids is 2. The first-order valence-electron chi connectivity index (χ1n) is 10.1. The first-order chi connectivity index (χ1) is 13.9. The summed E-state index contributed by atoms with van der Waals surface area (Å²) in [5, 5.41) is 3.17. The molecule has 0 radical (unpaired) electrons. The van der Waals surface area contributed by atoms with E-state index in [2.05, 4.69) is 15.9 Å². The minimum Gasteiger partial charge on any atom is -0.350 e. The number of piperidine rings is 1. The number of hydroxylamine groups is 4. The molecule has 0 saturated carbocycles. The number of halogens is 1. The molecule has 7 nitrogen and oxygen atoms in total. The fourth-order valence-corrected chi connectivity index (χ4v) is 4.99. The molecule has 1 aromatic rings. The van der Waals surface area contributed by atoms with E-state index in [0.717, 1.165) is 34.0 Å². The summed E-state index contributed by atoms with van der Waals surface area (Å²) >= 11 is 3.55. The van der Waals surface area contributed by atoms with Crippen LogP contribution in [0.4, 0.5) is 0 Å². The standard InChI is InChI=1S/C21H27BrN2O5/c1-13-11-14(2)16(22)12-15(13)18-19(25)21(6-8-23(27-3)9-7-21)24(20(18)26)29-17-5-4-10-28-17/h11-12,17-18H,4-10H2,1-3H3. The third kappa shape index (κ3) is 3.55. The highest BCUT2D eigenvalue weighted by molar-refractivity contribution is 9.10. The number of Topliss-reactive ketones (excluding diaryl/α,β-unsaturated/α-hetero) is 1. The minimum atomic E-state index is -0.980. The lowest BCUT2D eigenvalue weighted by atomic mass is 9.80. The third-order valence-corrected chi connectivity index (χ3v) is 7.19. The van der Waals surface area contributed by atoms with E-state index in [1.807, 2.05) is 31.0 Å². The van der Waals surface area contributed by atoms with Gasteiger partial charge in [0, 0.05) is 24.0 Å². The molecular weight excluding hydrogens is 440 g/mol. The Balaban J connectivity index is 1.72. The van der Waals surface area contributed by atoms with Crippen LogP contribution in [0.3, 0.4) is 0 Å². The lowest BCUT2D eigenvalue weighted by molar-refractivity contribution is -0.288. The molecule has 1 spiro atoms. The van der Waals surface area contributed by atoms with Gasteiger partial charge in [-0.15, -0.1) is 0 Å². The smallest absolute Gasteiger partial charge is 0.262 e. The van der Waals surface area contributed by atoms with Gasteiger partial charge in [0.15, 0.2) is 12.1 Å². The van der Waals surface area contributed by atoms with Gasteiger partial charge in [0.25, 0.3) is 5.91 Å². The maximum Gasteiger partial charge on any atom is 0.262 e. The second-order valence-electron chi connectivity index (χ2n) is 8.08. The summed E-state index contributed by atoms with van der Waals surface area (Å²) < 4.78 is 6.49. The Kier molecular flexibility index (Phi) is 5.83. The van der Waals surface area contributed by atoms with E-state index < -0.39 is 17.7 Å². The summed E-state index contributed by atoms with van der Waals surface area (Å²) in [7, 11) is 1.62. The second-order valence-corrected chi connectivity index (χ2v) is 8.93. The van der Waals surface area contributed by atoms with Crippen molar-refractivity contribution in [2.24, 2.45) is 0 Å². The Bertz CT molecular complexity index is 816. The fourth-order valence-electron chi connectivity index (χ4n) is 4.63. The van der Waals surface area contributed by atoms with Crippen LogP contribution in [-0.4, -0.2) is 60.5 Å². The molecule has 3 fully saturated rings. The molecule has 0 bridgehead atoms. The van der Waals surface area contributed by atoms with Crippen molar-refractivity contribution in [1.82, 2.24) is 10.1 Å². The van der Waals surface area contributed by atoms with E-state index in [4.69, 9.17) is 14.4 Å². The average molecular weight is 467 g/mol. The molecule has 4 rings (SSSR count). The van der Waals surface area contributed by atoms with Gasteiger partial charge in [0.1, 0.15) is 11.5 Å². The van der Waals surface area contributed by atoms with Crippen LogP contribution >= 0.6 is 15.9 Å². The predicted molar refractivity (Wildman–Crippen MR) is 109 cm³/mol. The van der Waals surface area contributed by atoms with E-state index in [1.165, 1.54) is 5.06 Å². The Morgan fingerprint density at radius 2 is 1.90 bits per heavy atom. The van der Waals surface area contributed by atoms with E-state index in [0.29, 0.717) is 32.5 Å². The fraction of sp³-hybridized carbons (Fsp3) is 0.619. The van der Waals surface area contributed by atoms with Crippen molar-refractivity contribution in [1.29, 1.82) is 0 Å². The van der Waals surface area contributed by atoms with Crippen molar-refractivity contribution < 1.29 is 24.0 Å². The SMILES string of the molecule is CON1CCC2(CC1)C(=O)C(c1cc(Br)c(C)cc1C)C(=O)N2OC1CCCO1. The molecule has 1 amide bonds. The van der Waals surface area contributed by atoms with Crippen LogP contribution in [0.15, 0.2) is 16.6 Å². The maximum atomic E-state index is 13.8.